The van der Waals surface area contributed by atoms with Crippen LogP contribution in [0.4, 0.5) is 21.4 Å². The van der Waals surface area contributed by atoms with E-state index >= 15 is 0 Å². The Kier molecular flexibility index (Phi) is 5.21. The van der Waals surface area contributed by atoms with Gasteiger partial charge in [0.05, 0.1) is 0 Å². The zero-order valence-corrected chi connectivity index (χ0v) is 10.6. The van der Waals surface area contributed by atoms with Crippen LogP contribution in [-0.2, 0) is 0 Å². The molecule has 1 aromatic heterocycles. The van der Waals surface area contributed by atoms with Crippen LogP contribution in [0.1, 0.15) is 0 Å². The number of carbonyl (C=O) groups excluding carboxylic acids is 2. The number of anilines is 2. The lowest BCUT2D eigenvalue weighted by Crippen LogP contribution is -2.29. The normalized spacial score (nSPS) is 9.11. The fourth-order valence-electron chi connectivity index (χ4n) is 0.820. The summed E-state index contributed by atoms with van der Waals surface area (Å²) in [4.78, 5) is 29.1. The van der Waals surface area contributed by atoms with E-state index in [1.165, 1.54) is 6.07 Å². The van der Waals surface area contributed by atoms with Crippen molar-refractivity contribution in [2.24, 2.45) is 10.2 Å². The molecule has 1 heterocycles. The Labute approximate surface area is 113 Å². The third kappa shape index (κ3) is 4.99. The second-order valence-corrected chi connectivity index (χ2v) is 3.55. The van der Waals surface area contributed by atoms with E-state index in [1.807, 2.05) is 5.43 Å². The highest BCUT2D eigenvalue weighted by Gasteiger charge is 2.05. The first-order chi connectivity index (χ1) is 9.05. The van der Waals surface area contributed by atoms with E-state index in [2.05, 4.69) is 52.4 Å². The van der Waals surface area contributed by atoms with Crippen molar-refractivity contribution in [2.45, 2.75) is 0 Å². The van der Waals surface area contributed by atoms with Crippen molar-refractivity contribution in [1.29, 1.82) is 11.1 Å². The van der Waals surface area contributed by atoms with Crippen molar-refractivity contribution >= 4 is 39.8 Å². The first-order valence-electron chi connectivity index (χ1n) is 4.46. The number of hydrazine groups is 2. The summed E-state index contributed by atoms with van der Waals surface area (Å²) in [6.07, 6.45) is 0. The van der Waals surface area contributed by atoms with Gasteiger partial charge >= 0.3 is 12.1 Å². The monoisotopic (exact) mass is 330 g/mol. The van der Waals surface area contributed by atoms with E-state index in [0.29, 0.717) is 4.60 Å². The van der Waals surface area contributed by atoms with Gasteiger partial charge in [0.25, 0.3) is 0 Å². The maximum Gasteiger partial charge on any atom is 0.377 e. The van der Waals surface area contributed by atoms with Crippen molar-refractivity contribution in [3.63, 3.8) is 0 Å². The lowest BCUT2D eigenvalue weighted by molar-refractivity contribution is 0.248. The number of amides is 4. The highest BCUT2D eigenvalue weighted by atomic mass is 79.9. The highest BCUT2D eigenvalue weighted by molar-refractivity contribution is 9.10. The number of hydrogen-bond donors (Lipinski definition) is 6. The number of aromatic nitrogens is 2. The average Bonchev–Trinajstić information content (AvgIpc) is 2.41. The number of carbonyl (C=O) groups is 2. The Bertz CT molecular complexity index is 476. The number of halogens is 1. The Hall–Kier alpha value is -2.70. The molecule has 0 aliphatic carbocycles. The molecule has 0 fully saturated rings. The summed E-state index contributed by atoms with van der Waals surface area (Å²) in [5.74, 6) is 0.143. The van der Waals surface area contributed by atoms with Crippen LogP contribution in [0.25, 0.3) is 0 Å². The molecular weight excluding hydrogens is 324 g/mol. The first-order valence-corrected chi connectivity index (χ1v) is 5.26. The third-order valence-electron chi connectivity index (χ3n) is 1.48. The molecular formula is C6H7BrN10O2. The van der Waals surface area contributed by atoms with Crippen molar-refractivity contribution in [3.8, 4) is 0 Å². The van der Waals surface area contributed by atoms with E-state index in [-0.39, 0.29) is 11.8 Å². The number of urea groups is 2. The van der Waals surface area contributed by atoms with Crippen LogP contribution in [0.2, 0.25) is 0 Å². The number of hydrogen-bond acceptors (Lipinski definition) is 8. The predicted molar refractivity (Wildman–Crippen MR) is 64.3 cm³/mol. The molecule has 0 spiro atoms. The zero-order valence-electron chi connectivity index (χ0n) is 9.06. The molecule has 0 aromatic carbocycles. The lowest BCUT2D eigenvalue weighted by atomic mass is 10.6. The molecule has 0 radical (unpaired) electrons. The first kappa shape index (κ1) is 14.4. The van der Waals surface area contributed by atoms with Crippen LogP contribution in [0.5, 0.6) is 0 Å². The van der Waals surface area contributed by atoms with E-state index in [9.17, 15) is 9.59 Å². The predicted octanol–water partition coefficient (Wildman–Crippen LogP) is 1.37. The molecule has 0 unspecified atom stereocenters. The Morgan fingerprint density at radius 3 is 2.26 bits per heavy atom. The lowest BCUT2D eigenvalue weighted by Gasteiger charge is -2.08. The summed E-state index contributed by atoms with van der Waals surface area (Å²) >= 11 is 3.08. The number of rotatable bonds is 4. The number of nitrogens with one attached hydrogen (secondary N) is 6. The van der Waals surface area contributed by atoms with E-state index in [1.54, 1.807) is 0 Å². The molecule has 0 saturated carbocycles. The standard InChI is InChI=1S/C6H7BrN10O2/c7-2-1-3(14-16-5(18)12-8)11-4(10-2)15-17-6(19)13-9/h1,8-9H,(H,16,18)(H,17,19)(H2,10,11,14,15). The SMILES string of the molecule is N=NC(=O)NNc1cc(Br)nc(NNC(=O)N=N)n1. The molecule has 0 atom stereocenters. The molecule has 0 aliphatic heterocycles. The molecule has 100 valence electrons. The maximum absolute atomic E-state index is 10.7. The molecule has 0 bridgehead atoms. The maximum atomic E-state index is 10.7. The van der Waals surface area contributed by atoms with Gasteiger partial charge in [-0.15, -0.1) is 0 Å². The Balaban J connectivity index is 2.70. The summed E-state index contributed by atoms with van der Waals surface area (Å²) in [6.45, 7) is 0. The fourth-order valence-corrected chi connectivity index (χ4v) is 1.21. The zero-order chi connectivity index (χ0) is 14.3. The fraction of sp³-hybridized carbons (Fsp3) is 0. The van der Waals surface area contributed by atoms with Gasteiger partial charge < -0.3 is 0 Å². The molecule has 13 heteroatoms. The number of nitrogens with zero attached hydrogens (tertiary/aromatic N) is 4. The summed E-state index contributed by atoms with van der Waals surface area (Å²) < 4.78 is 0.349. The van der Waals surface area contributed by atoms with Gasteiger partial charge in [-0.05, 0) is 15.9 Å². The molecule has 6 N–H and O–H groups in total. The van der Waals surface area contributed by atoms with Gasteiger partial charge in [-0.2, -0.15) is 16.0 Å². The van der Waals surface area contributed by atoms with Gasteiger partial charge in [0, 0.05) is 6.07 Å². The van der Waals surface area contributed by atoms with Crippen molar-refractivity contribution in [2.75, 3.05) is 10.9 Å². The van der Waals surface area contributed by atoms with Gasteiger partial charge in [-0.25, -0.2) is 25.4 Å². The van der Waals surface area contributed by atoms with E-state index in [4.69, 9.17) is 11.1 Å². The van der Waals surface area contributed by atoms with Crippen LogP contribution in [0.15, 0.2) is 20.9 Å². The Morgan fingerprint density at radius 2 is 1.68 bits per heavy atom. The minimum absolute atomic E-state index is 0.0223. The molecule has 0 aliphatic rings. The summed E-state index contributed by atoms with van der Waals surface area (Å²) in [5, 5.41) is 5.18. The van der Waals surface area contributed by atoms with Crippen LogP contribution in [0.3, 0.4) is 0 Å². The van der Waals surface area contributed by atoms with Gasteiger partial charge in [0.1, 0.15) is 4.60 Å². The largest absolute Gasteiger partial charge is 0.377 e. The van der Waals surface area contributed by atoms with E-state index < -0.39 is 12.1 Å². The Morgan fingerprint density at radius 1 is 1.11 bits per heavy atom. The van der Waals surface area contributed by atoms with Gasteiger partial charge in [-0.1, -0.05) is 10.2 Å². The quantitative estimate of drug-likeness (QED) is 0.275. The van der Waals surface area contributed by atoms with Crippen molar-refractivity contribution in [1.82, 2.24) is 20.8 Å². The smallest absolute Gasteiger partial charge is 0.280 e. The molecule has 12 nitrogen and oxygen atoms in total. The molecule has 1 aromatic rings. The molecule has 0 saturated heterocycles. The van der Waals surface area contributed by atoms with Crippen LogP contribution in [0, 0.1) is 11.1 Å². The van der Waals surface area contributed by atoms with Crippen molar-refractivity contribution in [3.05, 3.63) is 10.7 Å². The topological polar surface area (TPSA) is 180 Å². The third-order valence-corrected chi connectivity index (χ3v) is 1.88. The van der Waals surface area contributed by atoms with Gasteiger partial charge in [0.15, 0.2) is 5.82 Å². The summed E-state index contributed by atoms with van der Waals surface area (Å²) in [7, 11) is 0. The second-order valence-electron chi connectivity index (χ2n) is 2.73. The van der Waals surface area contributed by atoms with Crippen LogP contribution in [-0.4, -0.2) is 22.0 Å². The summed E-state index contributed by atoms with van der Waals surface area (Å²) in [5.41, 5.74) is 21.6. The molecule has 19 heavy (non-hydrogen) atoms. The average molecular weight is 331 g/mol. The minimum Gasteiger partial charge on any atom is -0.280 e. The molecule has 1 rings (SSSR count). The minimum atomic E-state index is -0.931. The van der Waals surface area contributed by atoms with Gasteiger partial charge in [0.2, 0.25) is 5.95 Å². The molecule has 4 amide bonds. The van der Waals surface area contributed by atoms with Crippen LogP contribution >= 0.6 is 15.9 Å². The van der Waals surface area contributed by atoms with E-state index in [0.717, 1.165) is 0 Å². The summed E-state index contributed by atoms with van der Waals surface area (Å²) in [6, 6.07) is -0.420. The second kappa shape index (κ2) is 6.90. The van der Waals surface area contributed by atoms with Crippen molar-refractivity contribution < 1.29 is 9.59 Å². The van der Waals surface area contributed by atoms with Gasteiger partial charge in [-0.3, -0.25) is 10.9 Å². The highest BCUT2D eigenvalue weighted by Crippen LogP contribution is 2.13. The van der Waals surface area contributed by atoms with Crippen LogP contribution < -0.4 is 21.7 Å².